The summed E-state index contributed by atoms with van der Waals surface area (Å²) in [5.74, 6) is -0.278. The van der Waals surface area contributed by atoms with Gasteiger partial charge in [-0.2, -0.15) is 0 Å². The van der Waals surface area contributed by atoms with E-state index in [0.29, 0.717) is 18.7 Å². The van der Waals surface area contributed by atoms with Crippen LogP contribution in [0.3, 0.4) is 0 Å². The minimum absolute atomic E-state index is 0.122. The van der Waals surface area contributed by atoms with E-state index in [0.717, 1.165) is 50.1 Å². The standard InChI is InChI=1S/C28H24FN5O/c1-17-4-3-13-30-23(17)16-31-21-11-14-33(2)27-20(21)9-10-24-25-22(32-28(35)26(25)27)12-15-34(24)19-7-5-18(29)6-8-19/h3-14,31H,15-16H2,1-2H3,(H,32,35). The van der Waals surface area contributed by atoms with E-state index in [9.17, 15) is 9.18 Å². The molecule has 0 fully saturated rings. The van der Waals surface area contributed by atoms with E-state index in [1.165, 1.54) is 12.1 Å². The number of halogens is 1. The number of nitrogens with zero attached hydrogens (tertiary/aromatic N) is 3. The normalized spacial score (nSPS) is 14.2. The third kappa shape index (κ3) is 3.47. The summed E-state index contributed by atoms with van der Waals surface area (Å²) >= 11 is 0. The van der Waals surface area contributed by atoms with Crippen LogP contribution in [0.15, 0.2) is 71.8 Å². The molecule has 0 spiro atoms. The highest BCUT2D eigenvalue weighted by Crippen LogP contribution is 2.37. The first-order chi connectivity index (χ1) is 17.0. The van der Waals surface area contributed by atoms with Crippen molar-refractivity contribution < 1.29 is 4.39 Å². The third-order valence-corrected chi connectivity index (χ3v) is 6.73. The van der Waals surface area contributed by atoms with E-state index in [4.69, 9.17) is 0 Å². The number of fused-ring (bicyclic) bond motifs is 2. The van der Waals surface area contributed by atoms with Gasteiger partial charge in [0.25, 0.3) is 5.56 Å². The summed E-state index contributed by atoms with van der Waals surface area (Å²) in [5.41, 5.74) is 7.02. The molecule has 174 valence electrons. The van der Waals surface area contributed by atoms with Crippen LogP contribution in [0.5, 0.6) is 0 Å². The Morgan fingerprint density at radius 1 is 1.11 bits per heavy atom. The zero-order chi connectivity index (χ0) is 24.1. The number of aromatic amines is 1. The first-order valence-corrected chi connectivity index (χ1v) is 11.5. The van der Waals surface area contributed by atoms with Gasteiger partial charge in [-0.3, -0.25) is 9.78 Å². The molecule has 4 aliphatic rings. The van der Waals surface area contributed by atoms with Crippen LogP contribution in [0.4, 0.5) is 21.5 Å². The predicted molar refractivity (Wildman–Crippen MR) is 138 cm³/mol. The summed E-state index contributed by atoms with van der Waals surface area (Å²) < 4.78 is 13.6. The van der Waals surface area contributed by atoms with Crippen LogP contribution in [0.25, 0.3) is 22.9 Å². The van der Waals surface area contributed by atoms with E-state index in [1.807, 2.05) is 49.4 Å². The molecule has 7 heteroatoms. The van der Waals surface area contributed by atoms with Gasteiger partial charge in [0.1, 0.15) is 5.82 Å². The number of nitrogens with one attached hydrogen (secondary N) is 2. The van der Waals surface area contributed by atoms with E-state index < -0.39 is 0 Å². The molecule has 1 aromatic heterocycles. The molecule has 0 atom stereocenters. The highest BCUT2D eigenvalue weighted by atomic mass is 19.1. The molecule has 6 nitrogen and oxygen atoms in total. The third-order valence-electron chi connectivity index (χ3n) is 6.73. The van der Waals surface area contributed by atoms with Crippen molar-refractivity contribution in [1.82, 2.24) is 15.3 Å². The van der Waals surface area contributed by atoms with Crippen molar-refractivity contribution in [2.45, 2.75) is 13.5 Å². The number of aryl methyl sites for hydroxylation is 1. The van der Waals surface area contributed by atoms with Gasteiger partial charge in [0.15, 0.2) is 0 Å². The van der Waals surface area contributed by atoms with Gasteiger partial charge in [-0.05, 0) is 67.1 Å². The number of aromatic nitrogens is 2. The van der Waals surface area contributed by atoms with Crippen LogP contribution in [0.1, 0.15) is 11.3 Å². The largest absolute Gasteiger partial charge is 0.379 e. The van der Waals surface area contributed by atoms with Crippen molar-refractivity contribution in [1.29, 1.82) is 0 Å². The Balaban J connectivity index is 1.55. The van der Waals surface area contributed by atoms with E-state index in [-0.39, 0.29) is 11.4 Å². The van der Waals surface area contributed by atoms with Gasteiger partial charge in [-0.25, -0.2) is 4.39 Å². The van der Waals surface area contributed by atoms with E-state index in [2.05, 4.69) is 32.3 Å². The first-order valence-electron chi connectivity index (χ1n) is 11.5. The van der Waals surface area contributed by atoms with Crippen LogP contribution >= 0.6 is 0 Å². The molecule has 0 saturated heterocycles. The molecule has 0 radical (unpaired) electrons. The topological polar surface area (TPSA) is 64.3 Å². The summed E-state index contributed by atoms with van der Waals surface area (Å²) in [6, 6.07) is 14.5. The van der Waals surface area contributed by atoms with Gasteiger partial charge in [0.2, 0.25) is 0 Å². The van der Waals surface area contributed by atoms with Crippen LogP contribution in [0.2, 0.25) is 0 Å². The van der Waals surface area contributed by atoms with Crippen LogP contribution in [-0.4, -0.2) is 23.6 Å². The Morgan fingerprint density at radius 2 is 1.94 bits per heavy atom. The Kier molecular flexibility index (Phi) is 4.91. The lowest BCUT2D eigenvalue weighted by Crippen LogP contribution is -2.29. The summed E-state index contributed by atoms with van der Waals surface area (Å²) in [6.45, 7) is 3.19. The monoisotopic (exact) mass is 465 g/mol. The summed E-state index contributed by atoms with van der Waals surface area (Å²) in [6.07, 6.45) is 7.80. The van der Waals surface area contributed by atoms with Crippen molar-refractivity contribution in [3.8, 4) is 11.1 Å². The smallest absolute Gasteiger partial charge is 0.258 e. The molecule has 4 heterocycles. The van der Waals surface area contributed by atoms with Gasteiger partial charge in [-0.1, -0.05) is 6.07 Å². The summed E-state index contributed by atoms with van der Waals surface area (Å²) in [5, 5.41) is 5.28. The predicted octanol–water partition coefficient (Wildman–Crippen LogP) is 3.12. The summed E-state index contributed by atoms with van der Waals surface area (Å²) in [4.78, 5) is 24.9. The molecule has 35 heavy (non-hydrogen) atoms. The number of benzene rings is 1. The number of H-pyrrole nitrogens is 1. The zero-order valence-corrected chi connectivity index (χ0v) is 19.5. The number of anilines is 3. The second kappa shape index (κ2) is 8.13. The van der Waals surface area contributed by atoms with Gasteiger partial charge in [0, 0.05) is 53.5 Å². The molecule has 0 bridgehead atoms. The quantitative estimate of drug-likeness (QED) is 0.485. The Hall–Kier alpha value is -4.39. The van der Waals surface area contributed by atoms with Crippen LogP contribution in [0, 0.1) is 12.7 Å². The fourth-order valence-corrected chi connectivity index (χ4v) is 4.94. The number of rotatable bonds is 4. The van der Waals surface area contributed by atoms with E-state index >= 15 is 0 Å². The minimum atomic E-state index is -0.278. The van der Waals surface area contributed by atoms with Crippen molar-refractivity contribution in [3.05, 3.63) is 105 Å². The maximum atomic E-state index is 13.6. The van der Waals surface area contributed by atoms with Crippen molar-refractivity contribution in [2.24, 2.45) is 0 Å². The second-order valence-electron chi connectivity index (χ2n) is 8.85. The number of hydrogen-bond acceptors (Lipinski definition) is 5. The Labute approximate surface area is 201 Å². The second-order valence-corrected chi connectivity index (χ2v) is 8.85. The Morgan fingerprint density at radius 3 is 2.74 bits per heavy atom. The number of hydrogen-bond donors (Lipinski definition) is 2. The van der Waals surface area contributed by atoms with Gasteiger partial charge >= 0.3 is 0 Å². The molecule has 6 rings (SSSR count). The average Bonchev–Trinajstić information content (AvgIpc) is 3.07. The molecule has 0 unspecified atom stereocenters. The lowest BCUT2D eigenvalue weighted by molar-refractivity contribution is 0.628. The SMILES string of the molecule is Cc1cccnc1CNC1=c2ccc3c4c([nH]c(=O)c-4c2N(C)C=C1)=CCN3c1ccc(F)cc1. The van der Waals surface area contributed by atoms with Crippen molar-refractivity contribution in [3.63, 3.8) is 0 Å². The lowest BCUT2D eigenvalue weighted by atomic mass is 10.0. The number of pyridine rings is 1. The highest BCUT2D eigenvalue weighted by Gasteiger charge is 2.28. The molecule has 2 aromatic rings. The highest BCUT2D eigenvalue weighted by molar-refractivity contribution is 5.93. The molecule has 3 aliphatic heterocycles. The molecule has 2 N–H and O–H groups in total. The lowest BCUT2D eigenvalue weighted by Gasteiger charge is -2.27. The minimum Gasteiger partial charge on any atom is -0.379 e. The molecular weight excluding hydrogens is 441 g/mol. The van der Waals surface area contributed by atoms with Gasteiger partial charge < -0.3 is 20.1 Å². The average molecular weight is 466 g/mol. The maximum Gasteiger partial charge on any atom is 0.258 e. The fraction of sp³-hybridized carbons (Fsp3) is 0.143. The van der Waals surface area contributed by atoms with Gasteiger partial charge in [0.05, 0.1) is 29.2 Å². The first kappa shape index (κ1) is 21.2. The molecule has 0 amide bonds. The van der Waals surface area contributed by atoms with E-state index in [1.54, 1.807) is 18.3 Å². The van der Waals surface area contributed by atoms with Gasteiger partial charge in [-0.15, -0.1) is 0 Å². The molecular formula is C28H24FN5O. The molecule has 1 aliphatic carbocycles. The molecule has 1 aromatic carbocycles. The maximum absolute atomic E-state index is 13.6. The molecule has 0 saturated carbocycles. The van der Waals surface area contributed by atoms with Crippen LogP contribution < -0.4 is 31.2 Å². The Bertz CT molecular complexity index is 1640. The van der Waals surface area contributed by atoms with Crippen molar-refractivity contribution in [2.75, 3.05) is 23.4 Å². The van der Waals surface area contributed by atoms with Crippen LogP contribution in [-0.2, 0) is 6.54 Å². The van der Waals surface area contributed by atoms with Crippen molar-refractivity contribution >= 4 is 28.8 Å². The zero-order valence-electron chi connectivity index (χ0n) is 19.5. The summed E-state index contributed by atoms with van der Waals surface area (Å²) in [7, 11) is 1.95. The fourth-order valence-electron chi connectivity index (χ4n) is 4.94.